The first-order chi connectivity index (χ1) is 6.79. The van der Waals surface area contributed by atoms with Crippen LogP contribution in [0.15, 0.2) is 0 Å². The monoisotopic (exact) mass is 202 g/mol. The molecule has 0 aromatic rings. The summed E-state index contributed by atoms with van der Waals surface area (Å²) in [5, 5.41) is 0. The molecule has 0 spiro atoms. The Hall–Kier alpha value is -0.120. The molecule has 3 N–H and O–H groups in total. The minimum absolute atomic E-state index is 0.266. The molecule has 0 aromatic carbocycles. The molecule has 0 rings (SSSR count). The highest BCUT2D eigenvalue weighted by Crippen LogP contribution is 2.11. The number of hydrogen-bond acceptors (Lipinski definition) is 3. The maximum Gasteiger partial charge on any atom is 0.0738 e. The normalized spacial score (nSPS) is 15.4. The molecule has 3 nitrogen and oxygen atoms in total. The highest BCUT2D eigenvalue weighted by molar-refractivity contribution is 4.73. The first-order valence-electron chi connectivity index (χ1n) is 5.87. The number of nitrogens with two attached hydrogens (primary N) is 1. The lowest BCUT2D eigenvalue weighted by atomic mass is 10.0. The van der Waals surface area contributed by atoms with Crippen LogP contribution in [0.25, 0.3) is 0 Å². The summed E-state index contributed by atoms with van der Waals surface area (Å²) in [5.41, 5.74) is 2.87. The molecule has 0 bridgehead atoms. The zero-order chi connectivity index (χ0) is 10.8. The van der Waals surface area contributed by atoms with Crippen molar-refractivity contribution in [1.29, 1.82) is 0 Å². The number of hydrazine groups is 1. The Morgan fingerprint density at radius 3 is 2.36 bits per heavy atom. The van der Waals surface area contributed by atoms with Crippen LogP contribution in [0.3, 0.4) is 0 Å². The molecule has 0 saturated carbocycles. The summed E-state index contributed by atoms with van der Waals surface area (Å²) in [7, 11) is 0. The van der Waals surface area contributed by atoms with Gasteiger partial charge in [0, 0.05) is 12.6 Å². The van der Waals surface area contributed by atoms with Crippen molar-refractivity contribution < 1.29 is 4.74 Å². The van der Waals surface area contributed by atoms with Gasteiger partial charge in [-0.15, -0.1) is 0 Å². The molecule has 0 saturated heterocycles. The van der Waals surface area contributed by atoms with E-state index < -0.39 is 0 Å². The summed E-state index contributed by atoms with van der Waals surface area (Å²) in [6, 6.07) is 0.312. The molecule has 0 fully saturated rings. The quantitative estimate of drug-likeness (QED) is 0.342. The van der Waals surface area contributed by atoms with Gasteiger partial charge >= 0.3 is 0 Å². The summed E-state index contributed by atoms with van der Waals surface area (Å²) >= 11 is 0. The van der Waals surface area contributed by atoms with Gasteiger partial charge in [0.2, 0.25) is 0 Å². The van der Waals surface area contributed by atoms with Crippen LogP contribution in [0.2, 0.25) is 0 Å². The SMILES string of the molecule is CCCCCC(NN)C(CC)OCC. The van der Waals surface area contributed by atoms with Crippen LogP contribution in [0.4, 0.5) is 0 Å². The van der Waals surface area contributed by atoms with E-state index in [1.54, 1.807) is 0 Å². The Labute approximate surface area is 88.4 Å². The molecule has 0 amide bonds. The number of nitrogens with one attached hydrogen (secondary N) is 1. The zero-order valence-corrected chi connectivity index (χ0v) is 9.88. The van der Waals surface area contributed by atoms with Gasteiger partial charge < -0.3 is 4.74 Å². The maximum absolute atomic E-state index is 5.63. The van der Waals surface area contributed by atoms with Crippen molar-refractivity contribution in [3.05, 3.63) is 0 Å². The number of ether oxygens (including phenoxy) is 1. The molecular formula is C11H26N2O. The minimum atomic E-state index is 0.266. The van der Waals surface area contributed by atoms with Crippen molar-refractivity contribution in [2.75, 3.05) is 6.61 Å². The third-order valence-electron chi connectivity index (χ3n) is 2.56. The van der Waals surface area contributed by atoms with E-state index in [1.165, 1.54) is 19.3 Å². The fraction of sp³-hybridized carbons (Fsp3) is 1.00. The predicted octanol–water partition coefficient (Wildman–Crippen LogP) is 2.21. The van der Waals surface area contributed by atoms with Gasteiger partial charge in [0.25, 0.3) is 0 Å². The highest BCUT2D eigenvalue weighted by Gasteiger charge is 2.17. The number of rotatable bonds is 9. The van der Waals surface area contributed by atoms with Crippen LogP contribution in [0.1, 0.15) is 52.9 Å². The molecule has 0 aliphatic carbocycles. The third kappa shape index (κ3) is 5.58. The summed E-state index contributed by atoms with van der Waals surface area (Å²) in [6.45, 7) is 7.15. The predicted molar refractivity (Wildman–Crippen MR) is 61.0 cm³/mol. The fourth-order valence-corrected chi connectivity index (χ4v) is 1.72. The second-order valence-corrected chi connectivity index (χ2v) is 3.67. The van der Waals surface area contributed by atoms with Gasteiger partial charge in [0.15, 0.2) is 0 Å². The van der Waals surface area contributed by atoms with Crippen molar-refractivity contribution in [1.82, 2.24) is 5.43 Å². The molecule has 0 heterocycles. The molecule has 2 unspecified atom stereocenters. The smallest absolute Gasteiger partial charge is 0.0738 e. The number of unbranched alkanes of at least 4 members (excludes halogenated alkanes) is 2. The number of hydrogen-bond donors (Lipinski definition) is 2. The van der Waals surface area contributed by atoms with E-state index in [0.717, 1.165) is 19.4 Å². The van der Waals surface area contributed by atoms with Crippen LogP contribution in [0.5, 0.6) is 0 Å². The second-order valence-electron chi connectivity index (χ2n) is 3.67. The van der Waals surface area contributed by atoms with Gasteiger partial charge in [-0.1, -0.05) is 33.1 Å². The average Bonchev–Trinajstić information content (AvgIpc) is 2.22. The topological polar surface area (TPSA) is 47.3 Å². The van der Waals surface area contributed by atoms with E-state index >= 15 is 0 Å². The van der Waals surface area contributed by atoms with Crippen molar-refractivity contribution >= 4 is 0 Å². The van der Waals surface area contributed by atoms with E-state index in [4.69, 9.17) is 10.6 Å². The maximum atomic E-state index is 5.63. The van der Waals surface area contributed by atoms with Gasteiger partial charge in [-0.25, -0.2) is 0 Å². The fourth-order valence-electron chi connectivity index (χ4n) is 1.72. The minimum Gasteiger partial charge on any atom is -0.377 e. The molecule has 0 aliphatic heterocycles. The van der Waals surface area contributed by atoms with Crippen LogP contribution >= 0.6 is 0 Å². The lowest BCUT2D eigenvalue weighted by Gasteiger charge is -2.25. The molecule has 86 valence electrons. The average molecular weight is 202 g/mol. The lowest BCUT2D eigenvalue weighted by molar-refractivity contribution is 0.0290. The Morgan fingerprint density at radius 2 is 1.93 bits per heavy atom. The third-order valence-corrected chi connectivity index (χ3v) is 2.56. The molecule has 14 heavy (non-hydrogen) atoms. The summed E-state index contributed by atoms with van der Waals surface area (Å²) < 4.78 is 5.63. The van der Waals surface area contributed by atoms with Crippen LogP contribution < -0.4 is 11.3 Å². The van der Waals surface area contributed by atoms with Crippen LogP contribution in [-0.4, -0.2) is 18.8 Å². The molecule has 0 aliphatic rings. The van der Waals surface area contributed by atoms with Gasteiger partial charge in [-0.3, -0.25) is 11.3 Å². The van der Waals surface area contributed by atoms with Crippen LogP contribution in [-0.2, 0) is 4.74 Å². The summed E-state index contributed by atoms with van der Waals surface area (Å²) in [6.07, 6.45) is 6.16. The molecule has 0 aromatic heterocycles. The van der Waals surface area contributed by atoms with E-state index in [1.807, 2.05) is 6.92 Å². The van der Waals surface area contributed by atoms with E-state index in [9.17, 15) is 0 Å². The Kier molecular flexibility index (Phi) is 9.35. The van der Waals surface area contributed by atoms with E-state index in [-0.39, 0.29) is 6.10 Å². The van der Waals surface area contributed by atoms with Gasteiger partial charge in [0.05, 0.1) is 6.10 Å². The van der Waals surface area contributed by atoms with E-state index in [0.29, 0.717) is 6.04 Å². The van der Waals surface area contributed by atoms with Crippen molar-refractivity contribution in [2.24, 2.45) is 5.84 Å². The molecule has 2 atom stereocenters. The van der Waals surface area contributed by atoms with Crippen molar-refractivity contribution in [3.63, 3.8) is 0 Å². The Morgan fingerprint density at radius 1 is 1.21 bits per heavy atom. The zero-order valence-electron chi connectivity index (χ0n) is 9.88. The largest absolute Gasteiger partial charge is 0.377 e. The van der Waals surface area contributed by atoms with E-state index in [2.05, 4.69) is 19.3 Å². The van der Waals surface area contributed by atoms with Gasteiger partial charge in [-0.2, -0.15) is 0 Å². The first-order valence-corrected chi connectivity index (χ1v) is 5.87. The van der Waals surface area contributed by atoms with Crippen LogP contribution in [0, 0.1) is 0 Å². The van der Waals surface area contributed by atoms with Crippen molar-refractivity contribution in [3.8, 4) is 0 Å². The van der Waals surface area contributed by atoms with Gasteiger partial charge in [-0.05, 0) is 19.8 Å². The summed E-state index contributed by atoms with van der Waals surface area (Å²) in [4.78, 5) is 0. The molecule has 0 radical (unpaired) electrons. The highest BCUT2D eigenvalue weighted by atomic mass is 16.5. The molecule has 3 heteroatoms. The second kappa shape index (κ2) is 9.44. The van der Waals surface area contributed by atoms with Gasteiger partial charge in [0.1, 0.15) is 0 Å². The lowest BCUT2D eigenvalue weighted by Crippen LogP contribution is -2.45. The molecular weight excluding hydrogens is 176 g/mol. The Balaban J connectivity index is 3.81. The Bertz CT molecular complexity index is 120. The standard InChI is InChI=1S/C11H26N2O/c1-4-7-8-9-10(13-12)11(5-2)14-6-3/h10-11,13H,4-9,12H2,1-3H3. The first kappa shape index (κ1) is 13.9. The summed E-state index contributed by atoms with van der Waals surface area (Å²) in [5.74, 6) is 5.53. The van der Waals surface area contributed by atoms with Crippen molar-refractivity contribution in [2.45, 2.75) is 65.0 Å².